The summed E-state index contributed by atoms with van der Waals surface area (Å²) in [6.07, 6.45) is 4.04. The van der Waals surface area contributed by atoms with Crippen molar-refractivity contribution in [3.63, 3.8) is 0 Å². The van der Waals surface area contributed by atoms with Crippen LogP contribution in [0.5, 0.6) is 0 Å². The summed E-state index contributed by atoms with van der Waals surface area (Å²) in [6.45, 7) is 3.37. The average molecular weight is 276 g/mol. The van der Waals surface area contributed by atoms with Crippen molar-refractivity contribution in [1.29, 1.82) is 0 Å². The number of fused-ring (bicyclic) bond motifs is 1. The zero-order valence-corrected chi connectivity index (χ0v) is 12.3. The lowest BCUT2D eigenvalue weighted by Gasteiger charge is -2.13. The molecule has 4 nitrogen and oxygen atoms in total. The lowest BCUT2D eigenvalue weighted by atomic mass is 10.1. The molecule has 2 heterocycles. The quantitative estimate of drug-likeness (QED) is 0.896. The van der Waals surface area contributed by atoms with E-state index in [1.807, 2.05) is 7.05 Å². The summed E-state index contributed by atoms with van der Waals surface area (Å²) in [5, 5.41) is 9.76. The molecule has 2 unspecified atom stereocenters. The van der Waals surface area contributed by atoms with Gasteiger partial charge < -0.3 is 10.6 Å². The molecular formula is C14H20N4S. The molecule has 0 bridgehead atoms. The lowest BCUT2D eigenvalue weighted by Crippen LogP contribution is -2.13. The van der Waals surface area contributed by atoms with Crippen LogP contribution in [0.2, 0.25) is 0 Å². The van der Waals surface area contributed by atoms with Crippen molar-refractivity contribution in [1.82, 2.24) is 9.97 Å². The van der Waals surface area contributed by atoms with Gasteiger partial charge in [-0.15, -0.1) is 11.3 Å². The molecule has 3 rings (SSSR count). The zero-order valence-electron chi connectivity index (χ0n) is 11.4. The van der Waals surface area contributed by atoms with Crippen LogP contribution in [0.15, 0.2) is 11.4 Å². The van der Waals surface area contributed by atoms with Crippen molar-refractivity contribution >= 4 is 33.3 Å². The van der Waals surface area contributed by atoms with Gasteiger partial charge in [0, 0.05) is 13.6 Å². The largest absolute Gasteiger partial charge is 0.369 e. The molecule has 2 aromatic rings. The number of anilines is 2. The number of hydrogen-bond donors (Lipinski definition) is 2. The maximum absolute atomic E-state index is 4.54. The van der Waals surface area contributed by atoms with Gasteiger partial charge in [-0.05, 0) is 36.1 Å². The highest BCUT2D eigenvalue weighted by Gasteiger charge is 2.21. The molecule has 0 spiro atoms. The van der Waals surface area contributed by atoms with Crippen molar-refractivity contribution < 1.29 is 0 Å². The molecule has 0 radical (unpaired) electrons. The molecule has 2 atom stereocenters. The van der Waals surface area contributed by atoms with Crippen molar-refractivity contribution in [2.45, 2.75) is 26.2 Å². The van der Waals surface area contributed by atoms with Crippen LogP contribution in [0.25, 0.3) is 10.2 Å². The molecule has 2 aromatic heterocycles. The summed E-state index contributed by atoms with van der Waals surface area (Å²) in [5.74, 6) is 3.33. The number of aromatic nitrogens is 2. The molecule has 19 heavy (non-hydrogen) atoms. The second kappa shape index (κ2) is 5.33. The van der Waals surface area contributed by atoms with E-state index in [-0.39, 0.29) is 0 Å². The first-order chi connectivity index (χ1) is 9.26. The fraction of sp³-hybridized carbons (Fsp3) is 0.571. The Kier molecular flexibility index (Phi) is 3.55. The van der Waals surface area contributed by atoms with Crippen LogP contribution >= 0.6 is 11.3 Å². The minimum atomic E-state index is 0.692. The highest BCUT2D eigenvalue weighted by Crippen LogP contribution is 2.31. The number of nitrogens with one attached hydrogen (secondary N) is 2. The maximum atomic E-state index is 4.54. The number of hydrogen-bond acceptors (Lipinski definition) is 5. The summed E-state index contributed by atoms with van der Waals surface area (Å²) >= 11 is 1.66. The Morgan fingerprint density at radius 1 is 1.37 bits per heavy atom. The van der Waals surface area contributed by atoms with E-state index in [1.165, 1.54) is 19.3 Å². The standard InChI is InChI=1S/C14H20N4S/c1-9-3-4-10(7-9)8-16-12-11-5-6-19-13(11)18-14(15-2)17-12/h5-6,9-10H,3-4,7-8H2,1-2H3,(H2,15,16,17,18). The Labute approximate surface area is 117 Å². The van der Waals surface area contributed by atoms with Crippen molar-refractivity contribution in [2.24, 2.45) is 11.8 Å². The van der Waals surface area contributed by atoms with Gasteiger partial charge in [-0.25, -0.2) is 4.98 Å². The molecular weight excluding hydrogens is 256 g/mol. The van der Waals surface area contributed by atoms with E-state index < -0.39 is 0 Å². The third kappa shape index (κ3) is 2.66. The minimum absolute atomic E-state index is 0.692. The van der Waals surface area contributed by atoms with Gasteiger partial charge in [-0.3, -0.25) is 0 Å². The Morgan fingerprint density at radius 2 is 2.26 bits per heavy atom. The summed E-state index contributed by atoms with van der Waals surface area (Å²) < 4.78 is 0. The predicted molar refractivity (Wildman–Crippen MR) is 82.0 cm³/mol. The van der Waals surface area contributed by atoms with Crippen LogP contribution < -0.4 is 10.6 Å². The van der Waals surface area contributed by atoms with Gasteiger partial charge >= 0.3 is 0 Å². The second-order valence-electron chi connectivity index (χ2n) is 5.45. The molecule has 0 saturated heterocycles. The van der Waals surface area contributed by atoms with E-state index in [4.69, 9.17) is 0 Å². The van der Waals surface area contributed by atoms with Crippen molar-refractivity contribution in [2.75, 3.05) is 24.2 Å². The molecule has 1 saturated carbocycles. The summed E-state index contributed by atoms with van der Waals surface area (Å²) in [4.78, 5) is 10.1. The Morgan fingerprint density at radius 3 is 3.00 bits per heavy atom. The van der Waals surface area contributed by atoms with Crippen LogP contribution in [0.3, 0.4) is 0 Å². The highest BCUT2D eigenvalue weighted by atomic mass is 32.1. The van der Waals surface area contributed by atoms with Gasteiger partial charge in [-0.1, -0.05) is 13.3 Å². The smallest absolute Gasteiger partial charge is 0.225 e. The maximum Gasteiger partial charge on any atom is 0.225 e. The van der Waals surface area contributed by atoms with Crippen LogP contribution in [0.4, 0.5) is 11.8 Å². The van der Waals surface area contributed by atoms with E-state index >= 15 is 0 Å². The molecule has 0 aromatic carbocycles. The van der Waals surface area contributed by atoms with Crippen molar-refractivity contribution in [3.8, 4) is 0 Å². The first kappa shape index (κ1) is 12.7. The number of nitrogens with zero attached hydrogens (tertiary/aromatic N) is 2. The Balaban J connectivity index is 1.77. The second-order valence-corrected chi connectivity index (χ2v) is 6.34. The molecule has 0 amide bonds. The number of thiophene rings is 1. The molecule has 1 aliphatic rings. The number of rotatable bonds is 4. The molecule has 1 aliphatic carbocycles. The molecule has 2 N–H and O–H groups in total. The molecule has 1 fully saturated rings. The third-order valence-electron chi connectivity index (χ3n) is 3.91. The normalized spacial score (nSPS) is 22.8. The monoisotopic (exact) mass is 276 g/mol. The molecule has 102 valence electrons. The van der Waals surface area contributed by atoms with Gasteiger partial charge in [0.2, 0.25) is 5.95 Å². The Hall–Kier alpha value is -1.36. The Bertz CT molecular complexity index is 566. The van der Waals surface area contributed by atoms with Crippen LogP contribution in [-0.4, -0.2) is 23.6 Å². The molecule has 0 aliphatic heterocycles. The van der Waals surface area contributed by atoms with E-state index in [9.17, 15) is 0 Å². The fourth-order valence-electron chi connectivity index (χ4n) is 2.85. The first-order valence-corrected chi connectivity index (χ1v) is 7.81. The van der Waals surface area contributed by atoms with Gasteiger partial charge in [0.25, 0.3) is 0 Å². The van der Waals surface area contributed by atoms with Crippen LogP contribution in [-0.2, 0) is 0 Å². The van der Waals surface area contributed by atoms with Gasteiger partial charge in [0.05, 0.1) is 5.39 Å². The van der Waals surface area contributed by atoms with Gasteiger partial charge in [-0.2, -0.15) is 4.98 Å². The summed E-state index contributed by atoms with van der Waals surface area (Å²) in [5.41, 5.74) is 0. The summed E-state index contributed by atoms with van der Waals surface area (Å²) in [6, 6.07) is 2.10. The first-order valence-electron chi connectivity index (χ1n) is 6.93. The fourth-order valence-corrected chi connectivity index (χ4v) is 3.62. The van der Waals surface area contributed by atoms with Gasteiger partial charge in [0.1, 0.15) is 10.6 Å². The van der Waals surface area contributed by atoms with Crippen LogP contribution in [0.1, 0.15) is 26.2 Å². The van der Waals surface area contributed by atoms with E-state index in [1.54, 1.807) is 11.3 Å². The zero-order chi connectivity index (χ0) is 13.2. The van der Waals surface area contributed by atoms with Crippen molar-refractivity contribution in [3.05, 3.63) is 11.4 Å². The average Bonchev–Trinajstić information content (AvgIpc) is 3.04. The van der Waals surface area contributed by atoms with E-state index in [2.05, 4.69) is 39.0 Å². The highest BCUT2D eigenvalue weighted by molar-refractivity contribution is 7.16. The van der Waals surface area contributed by atoms with E-state index in [0.717, 1.165) is 34.4 Å². The minimum Gasteiger partial charge on any atom is -0.369 e. The van der Waals surface area contributed by atoms with E-state index in [0.29, 0.717) is 5.95 Å². The SMILES string of the molecule is CNc1nc(NCC2CCC(C)C2)c2ccsc2n1. The third-order valence-corrected chi connectivity index (χ3v) is 4.72. The predicted octanol–water partition coefficient (Wildman–Crippen LogP) is 3.58. The van der Waals surface area contributed by atoms with Gasteiger partial charge in [0.15, 0.2) is 0 Å². The molecule has 5 heteroatoms. The lowest BCUT2D eigenvalue weighted by molar-refractivity contribution is 0.537. The topological polar surface area (TPSA) is 49.8 Å². The van der Waals surface area contributed by atoms with Crippen LogP contribution in [0, 0.1) is 11.8 Å². The summed E-state index contributed by atoms with van der Waals surface area (Å²) in [7, 11) is 1.86.